The zero-order valence-electron chi connectivity index (χ0n) is 8.72. The third kappa shape index (κ3) is 1.75. The number of nitrogens with two attached hydrogens (primary N) is 1. The fourth-order valence-corrected chi connectivity index (χ4v) is 2.22. The highest BCUT2D eigenvalue weighted by Crippen LogP contribution is 2.33. The highest BCUT2D eigenvalue weighted by molar-refractivity contribution is 5.56. The van der Waals surface area contributed by atoms with Crippen molar-refractivity contribution in [3.05, 3.63) is 29.3 Å². The maximum Gasteiger partial charge on any atom is 0.0375 e. The van der Waals surface area contributed by atoms with E-state index < -0.39 is 0 Å². The standard InChI is InChI=1S/C12H18N2/c1-9-2-3-12-11(8-9)10(4-6-13)5-7-14-12/h2-3,8,10,14H,4-7,13H2,1H3. The van der Waals surface area contributed by atoms with E-state index in [1.807, 2.05) is 0 Å². The highest BCUT2D eigenvalue weighted by Gasteiger charge is 2.18. The van der Waals surface area contributed by atoms with E-state index in [1.165, 1.54) is 23.2 Å². The molecule has 0 saturated carbocycles. The fraction of sp³-hybridized carbons (Fsp3) is 0.500. The van der Waals surface area contributed by atoms with Crippen LogP contribution >= 0.6 is 0 Å². The van der Waals surface area contributed by atoms with E-state index in [1.54, 1.807) is 0 Å². The molecule has 2 nitrogen and oxygen atoms in total. The summed E-state index contributed by atoms with van der Waals surface area (Å²) in [5.41, 5.74) is 9.74. The lowest BCUT2D eigenvalue weighted by Crippen LogP contribution is -2.19. The molecule has 0 saturated heterocycles. The average molecular weight is 190 g/mol. The first-order valence-corrected chi connectivity index (χ1v) is 5.36. The maximum atomic E-state index is 5.63. The summed E-state index contributed by atoms with van der Waals surface area (Å²) in [4.78, 5) is 0. The quantitative estimate of drug-likeness (QED) is 0.750. The van der Waals surface area contributed by atoms with E-state index in [-0.39, 0.29) is 0 Å². The molecule has 1 aliphatic rings. The number of benzene rings is 1. The van der Waals surface area contributed by atoms with Crippen LogP contribution < -0.4 is 11.1 Å². The van der Waals surface area contributed by atoms with Crippen molar-refractivity contribution >= 4 is 5.69 Å². The average Bonchev–Trinajstić information content (AvgIpc) is 2.19. The summed E-state index contributed by atoms with van der Waals surface area (Å²) >= 11 is 0. The SMILES string of the molecule is Cc1ccc2c(c1)C(CCN)CCN2. The minimum Gasteiger partial charge on any atom is -0.385 e. The van der Waals surface area contributed by atoms with Gasteiger partial charge in [-0.15, -0.1) is 0 Å². The third-order valence-corrected chi connectivity index (χ3v) is 2.97. The van der Waals surface area contributed by atoms with Gasteiger partial charge in [0.2, 0.25) is 0 Å². The largest absolute Gasteiger partial charge is 0.385 e. The Bertz CT molecular complexity index is 320. The van der Waals surface area contributed by atoms with Gasteiger partial charge < -0.3 is 11.1 Å². The van der Waals surface area contributed by atoms with Gasteiger partial charge in [-0.1, -0.05) is 17.7 Å². The second-order valence-electron chi connectivity index (χ2n) is 4.08. The molecule has 0 fully saturated rings. The molecular weight excluding hydrogens is 172 g/mol. The number of nitrogens with one attached hydrogen (secondary N) is 1. The molecule has 1 aromatic carbocycles. The number of hydrogen-bond donors (Lipinski definition) is 2. The van der Waals surface area contributed by atoms with Gasteiger partial charge in [-0.05, 0) is 43.9 Å². The Morgan fingerprint density at radius 1 is 1.50 bits per heavy atom. The van der Waals surface area contributed by atoms with Crippen LogP contribution in [-0.4, -0.2) is 13.1 Å². The van der Waals surface area contributed by atoms with Crippen LogP contribution in [0.3, 0.4) is 0 Å². The van der Waals surface area contributed by atoms with Gasteiger partial charge in [0.05, 0.1) is 0 Å². The predicted octanol–water partition coefficient (Wildman–Crippen LogP) is 2.24. The Labute approximate surface area is 85.5 Å². The Morgan fingerprint density at radius 3 is 3.14 bits per heavy atom. The van der Waals surface area contributed by atoms with Crippen molar-refractivity contribution in [2.45, 2.75) is 25.7 Å². The zero-order chi connectivity index (χ0) is 9.97. The lowest BCUT2D eigenvalue weighted by molar-refractivity contribution is 0.586. The van der Waals surface area contributed by atoms with Crippen molar-refractivity contribution in [3.8, 4) is 0 Å². The first-order valence-electron chi connectivity index (χ1n) is 5.36. The first kappa shape index (κ1) is 9.53. The molecule has 1 unspecified atom stereocenters. The van der Waals surface area contributed by atoms with E-state index >= 15 is 0 Å². The van der Waals surface area contributed by atoms with Crippen molar-refractivity contribution in [1.29, 1.82) is 0 Å². The van der Waals surface area contributed by atoms with E-state index in [4.69, 9.17) is 5.73 Å². The summed E-state index contributed by atoms with van der Waals surface area (Å²) in [5.74, 6) is 0.663. The van der Waals surface area contributed by atoms with E-state index in [0.717, 1.165) is 19.5 Å². The van der Waals surface area contributed by atoms with Crippen molar-refractivity contribution in [2.24, 2.45) is 5.73 Å². The molecule has 0 aromatic heterocycles. The van der Waals surface area contributed by atoms with E-state index in [2.05, 4.69) is 30.4 Å². The Balaban J connectivity index is 2.32. The number of fused-ring (bicyclic) bond motifs is 1. The Kier molecular flexibility index (Phi) is 2.73. The monoisotopic (exact) mass is 190 g/mol. The molecule has 76 valence electrons. The summed E-state index contributed by atoms with van der Waals surface area (Å²) in [6.07, 6.45) is 2.33. The summed E-state index contributed by atoms with van der Waals surface area (Å²) in [5, 5.41) is 3.44. The lowest BCUT2D eigenvalue weighted by atomic mass is 9.87. The normalized spacial score (nSPS) is 20.0. The van der Waals surface area contributed by atoms with Gasteiger partial charge in [0, 0.05) is 12.2 Å². The topological polar surface area (TPSA) is 38.0 Å². The van der Waals surface area contributed by atoms with Crippen LogP contribution in [0.15, 0.2) is 18.2 Å². The molecule has 14 heavy (non-hydrogen) atoms. The van der Waals surface area contributed by atoms with Gasteiger partial charge in [-0.3, -0.25) is 0 Å². The van der Waals surface area contributed by atoms with Crippen LogP contribution in [0.4, 0.5) is 5.69 Å². The second-order valence-corrected chi connectivity index (χ2v) is 4.08. The molecule has 1 heterocycles. The molecular formula is C12H18N2. The number of anilines is 1. The molecule has 1 aliphatic heterocycles. The fourth-order valence-electron chi connectivity index (χ4n) is 2.22. The molecule has 0 spiro atoms. The molecule has 2 rings (SSSR count). The Morgan fingerprint density at radius 2 is 2.36 bits per heavy atom. The van der Waals surface area contributed by atoms with Crippen LogP contribution in [0.25, 0.3) is 0 Å². The highest BCUT2D eigenvalue weighted by atomic mass is 14.9. The van der Waals surface area contributed by atoms with Crippen LogP contribution in [0.5, 0.6) is 0 Å². The summed E-state index contributed by atoms with van der Waals surface area (Å²) in [6.45, 7) is 4.02. The number of hydrogen-bond acceptors (Lipinski definition) is 2. The van der Waals surface area contributed by atoms with Gasteiger partial charge in [-0.25, -0.2) is 0 Å². The van der Waals surface area contributed by atoms with Gasteiger partial charge in [0.15, 0.2) is 0 Å². The molecule has 2 heteroatoms. The predicted molar refractivity (Wildman–Crippen MR) is 60.7 cm³/mol. The molecule has 1 atom stereocenters. The minimum atomic E-state index is 0.663. The van der Waals surface area contributed by atoms with Gasteiger partial charge in [-0.2, -0.15) is 0 Å². The van der Waals surface area contributed by atoms with Gasteiger partial charge >= 0.3 is 0 Å². The Hall–Kier alpha value is -1.02. The molecule has 0 radical (unpaired) electrons. The lowest BCUT2D eigenvalue weighted by Gasteiger charge is -2.26. The first-order chi connectivity index (χ1) is 6.81. The summed E-state index contributed by atoms with van der Waals surface area (Å²) in [6, 6.07) is 6.64. The van der Waals surface area contributed by atoms with Crippen molar-refractivity contribution in [2.75, 3.05) is 18.4 Å². The second kappa shape index (κ2) is 4.01. The smallest absolute Gasteiger partial charge is 0.0375 e. The third-order valence-electron chi connectivity index (χ3n) is 2.97. The van der Waals surface area contributed by atoms with Crippen LogP contribution in [0, 0.1) is 6.92 Å². The van der Waals surface area contributed by atoms with Gasteiger partial charge in [0.25, 0.3) is 0 Å². The molecule has 1 aromatic rings. The minimum absolute atomic E-state index is 0.663. The van der Waals surface area contributed by atoms with Crippen molar-refractivity contribution in [1.82, 2.24) is 0 Å². The van der Waals surface area contributed by atoms with Crippen molar-refractivity contribution < 1.29 is 0 Å². The van der Waals surface area contributed by atoms with Crippen LogP contribution in [0.1, 0.15) is 29.9 Å². The van der Waals surface area contributed by atoms with Gasteiger partial charge in [0.1, 0.15) is 0 Å². The molecule has 0 amide bonds. The number of aryl methyl sites for hydroxylation is 1. The molecule has 0 aliphatic carbocycles. The van der Waals surface area contributed by atoms with Crippen LogP contribution in [-0.2, 0) is 0 Å². The summed E-state index contributed by atoms with van der Waals surface area (Å²) in [7, 11) is 0. The number of rotatable bonds is 2. The zero-order valence-corrected chi connectivity index (χ0v) is 8.72. The van der Waals surface area contributed by atoms with Crippen molar-refractivity contribution in [3.63, 3.8) is 0 Å². The molecule has 3 N–H and O–H groups in total. The van der Waals surface area contributed by atoms with E-state index in [9.17, 15) is 0 Å². The van der Waals surface area contributed by atoms with E-state index in [0.29, 0.717) is 5.92 Å². The molecule has 0 bridgehead atoms. The maximum absolute atomic E-state index is 5.63. The van der Waals surface area contributed by atoms with Crippen LogP contribution in [0.2, 0.25) is 0 Å². The summed E-state index contributed by atoms with van der Waals surface area (Å²) < 4.78 is 0.